The first-order valence-electron chi connectivity index (χ1n) is 8.78. The second-order valence-corrected chi connectivity index (χ2v) is 7.02. The minimum Gasteiger partial charge on any atom is -0.341 e. The number of carbonyl (C=O) groups is 1. The first kappa shape index (κ1) is 18.2. The SMILES string of the molecule is CCCSc1ncccc1C(=O)NC(c1ccccc1)c1ccccc1. The normalized spacial score (nSPS) is 10.7. The van der Waals surface area contributed by atoms with Crippen molar-refractivity contribution in [2.75, 3.05) is 5.75 Å². The summed E-state index contributed by atoms with van der Waals surface area (Å²) in [5.41, 5.74) is 2.74. The van der Waals surface area contributed by atoms with E-state index in [4.69, 9.17) is 0 Å². The molecule has 3 rings (SSSR count). The summed E-state index contributed by atoms with van der Waals surface area (Å²) in [4.78, 5) is 17.4. The molecule has 0 aliphatic rings. The van der Waals surface area contributed by atoms with Crippen molar-refractivity contribution in [3.63, 3.8) is 0 Å². The van der Waals surface area contributed by atoms with E-state index in [9.17, 15) is 4.79 Å². The lowest BCUT2D eigenvalue weighted by atomic mass is 9.98. The van der Waals surface area contributed by atoms with E-state index in [2.05, 4.69) is 17.2 Å². The van der Waals surface area contributed by atoms with Gasteiger partial charge in [0.2, 0.25) is 0 Å². The van der Waals surface area contributed by atoms with Crippen molar-refractivity contribution >= 4 is 17.7 Å². The molecule has 0 bridgehead atoms. The first-order chi connectivity index (χ1) is 12.8. The molecule has 0 atom stereocenters. The molecule has 0 aliphatic carbocycles. The Morgan fingerprint density at radius 1 is 0.962 bits per heavy atom. The van der Waals surface area contributed by atoms with Gasteiger partial charge in [0.15, 0.2) is 0 Å². The summed E-state index contributed by atoms with van der Waals surface area (Å²) < 4.78 is 0. The minimum atomic E-state index is -0.200. The highest BCUT2D eigenvalue weighted by molar-refractivity contribution is 7.99. The molecular formula is C22H22N2OS. The van der Waals surface area contributed by atoms with Gasteiger partial charge in [-0.15, -0.1) is 11.8 Å². The van der Waals surface area contributed by atoms with E-state index in [0.717, 1.165) is 28.3 Å². The standard InChI is InChI=1S/C22H22N2OS/c1-2-16-26-22-19(14-9-15-23-22)21(25)24-20(17-10-5-3-6-11-17)18-12-7-4-8-13-18/h3-15,20H,2,16H2,1H3,(H,24,25). The number of rotatable bonds is 7. The largest absolute Gasteiger partial charge is 0.341 e. The fourth-order valence-corrected chi connectivity index (χ4v) is 3.59. The predicted molar refractivity (Wildman–Crippen MR) is 107 cm³/mol. The van der Waals surface area contributed by atoms with Crippen LogP contribution in [0.1, 0.15) is 40.9 Å². The number of nitrogens with zero attached hydrogens (tertiary/aromatic N) is 1. The van der Waals surface area contributed by atoms with Crippen molar-refractivity contribution < 1.29 is 4.79 Å². The van der Waals surface area contributed by atoms with Gasteiger partial charge in [-0.25, -0.2) is 4.98 Å². The Labute approximate surface area is 158 Å². The molecule has 3 aromatic rings. The smallest absolute Gasteiger partial charge is 0.254 e. The van der Waals surface area contributed by atoms with Crippen molar-refractivity contribution in [2.24, 2.45) is 0 Å². The fourth-order valence-electron chi connectivity index (χ4n) is 2.74. The van der Waals surface area contributed by atoms with Crippen molar-refractivity contribution in [2.45, 2.75) is 24.4 Å². The lowest BCUT2D eigenvalue weighted by molar-refractivity contribution is 0.0939. The number of benzene rings is 2. The maximum absolute atomic E-state index is 13.0. The van der Waals surface area contributed by atoms with Crippen LogP contribution >= 0.6 is 11.8 Å². The highest BCUT2D eigenvalue weighted by Crippen LogP contribution is 2.25. The third-order valence-corrected chi connectivity index (χ3v) is 5.21. The lowest BCUT2D eigenvalue weighted by Gasteiger charge is -2.20. The molecule has 3 nitrogen and oxygen atoms in total. The Morgan fingerprint density at radius 2 is 1.58 bits per heavy atom. The molecule has 1 N–H and O–H groups in total. The fraction of sp³-hybridized carbons (Fsp3) is 0.182. The van der Waals surface area contributed by atoms with E-state index in [-0.39, 0.29) is 11.9 Å². The van der Waals surface area contributed by atoms with Crippen molar-refractivity contribution in [3.05, 3.63) is 95.7 Å². The molecule has 1 heterocycles. The van der Waals surface area contributed by atoms with E-state index < -0.39 is 0 Å². The van der Waals surface area contributed by atoms with Crippen LogP contribution in [0.5, 0.6) is 0 Å². The molecule has 1 aromatic heterocycles. The summed E-state index contributed by atoms with van der Waals surface area (Å²) in [7, 11) is 0. The van der Waals surface area contributed by atoms with E-state index in [1.807, 2.05) is 72.8 Å². The molecule has 132 valence electrons. The number of thioether (sulfide) groups is 1. The molecule has 0 spiro atoms. The molecule has 0 fully saturated rings. The van der Waals surface area contributed by atoms with E-state index in [0.29, 0.717) is 5.56 Å². The van der Waals surface area contributed by atoms with Crippen LogP contribution in [0.15, 0.2) is 84.0 Å². The van der Waals surface area contributed by atoms with Crippen LogP contribution in [0.25, 0.3) is 0 Å². The Balaban J connectivity index is 1.89. The van der Waals surface area contributed by atoms with Crippen LogP contribution in [0.4, 0.5) is 0 Å². The molecule has 2 aromatic carbocycles. The Kier molecular flexibility index (Phi) is 6.45. The summed E-state index contributed by atoms with van der Waals surface area (Å²) in [5.74, 6) is 0.840. The molecule has 0 saturated carbocycles. The second-order valence-electron chi connectivity index (χ2n) is 5.93. The van der Waals surface area contributed by atoms with E-state index in [1.165, 1.54) is 0 Å². The van der Waals surface area contributed by atoms with Crippen molar-refractivity contribution in [1.82, 2.24) is 10.3 Å². The predicted octanol–water partition coefficient (Wildman–Crippen LogP) is 5.10. The van der Waals surface area contributed by atoms with Crippen molar-refractivity contribution in [1.29, 1.82) is 0 Å². The minimum absolute atomic E-state index is 0.102. The quantitative estimate of drug-likeness (QED) is 0.594. The number of hydrogen-bond donors (Lipinski definition) is 1. The van der Waals surface area contributed by atoms with Gasteiger partial charge in [-0.05, 0) is 35.4 Å². The topological polar surface area (TPSA) is 42.0 Å². The molecular weight excluding hydrogens is 340 g/mol. The van der Waals surface area contributed by atoms with E-state index >= 15 is 0 Å². The maximum atomic E-state index is 13.0. The van der Waals surface area contributed by atoms with Crippen LogP contribution in [0.2, 0.25) is 0 Å². The highest BCUT2D eigenvalue weighted by atomic mass is 32.2. The lowest BCUT2D eigenvalue weighted by Crippen LogP contribution is -2.29. The molecule has 26 heavy (non-hydrogen) atoms. The van der Waals surface area contributed by atoms with Gasteiger partial charge in [0.1, 0.15) is 5.03 Å². The average Bonchev–Trinajstić information content (AvgIpc) is 2.72. The van der Waals surface area contributed by atoms with Crippen LogP contribution in [0, 0.1) is 0 Å². The van der Waals surface area contributed by atoms with Gasteiger partial charge in [0.05, 0.1) is 11.6 Å². The molecule has 0 radical (unpaired) electrons. The summed E-state index contributed by atoms with van der Waals surface area (Å²) in [5, 5.41) is 3.97. The van der Waals surface area contributed by atoms with Gasteiger partial charge in [0.25, 0.3) is 5.91 Å². The van der Waals surface area contributed by atoms with Gasteiger partial charge >= 0.3 is 0 Å². The highest BCUT2D eigenvalue weighted by Gasteiger charge is 2.19. The van der Waals surface area contributed by atoms with Gasteiger partial charge in [-0.3, -0.25) is 4.79 Å². The molecule has 0 aliphatic heterocycles. The molecule has 1 amide bonds. The zero-order valence-corrected chi connectivity index (χ0v) is 15.6. The Bertz CT molecular complexity index is 798. The van der Waals surface area contributed by atoms with Gasteiger partial charge in [-0.1, -0.05) is 67.6 Å². The summed E-state index contributed by atoms with van der Waals surface area (Å²) >= 11 is 1.62. The zero-order chi connectivity index (χ0) is 18.2. The van der Waals surface area contributed by atoms with Gasteiger partial charge < -0.3 is 5.32 Å². The summed E-state index contributed by atoms with van der Waals surface area (Å²) in [6.45, 7) is 2.12. The van der Waals surface area contributed by atoms with Crippen LogP contribution in [0.3, 0.4) is 0 Å². The Morgan fingerprint density at radius 3 is 2.15 bits per heavy atom. The Hall–Kier alpha value is -2.59. The molecule has 4 heteroatoms. The maximum Gasteiger partial charge on any atom is 0.254 e. The van der Waals surface area contributed by atoms with Gasteiger partial charge in [-0.2, -0.15) is 0 Å². The number of pyridine rings is 1. The van der Waals surface area contributed by atoms with Crippen LogP contribution in [-0.4, -0.2) is 16.6 Å². The number of nitrogens with one attached hydrogen (secondary N) is 1. The van der Waals surface area contributed by atoms with Crippen LogP contribution in [-0.2, 0) is 0 Å². The average molecular weight is 362 g/mol. The monoisotopic (exact) mass is 362 g/mol. The van der Waals surface area contributed by atoms with Crippen LogP contribution < -0.4 is 5.32 Å². The van der Waals surface area contributed by atoms with E-state index in [1.54, 1.807) is 18.0 Å². The molecule has 0 unspecified atom stereocenters. The third-order valence-electron chi connectivity index (χ3n) is 4.00. The number of amides is 1. The number of carbonyl (C=O) groups excluding carboxylic acids is 1. The van der Waals surface area contributed by atoms with Gasteiger partial charge in [0, 0.05) is 6.20 Å². The third kappa shape index (κ3) is 4.52. The first-order valence-corrected chi connectivity index (χ1v) is 9.76. The van der Waals surface area contributed by atoms with Crippen molar-refractivity contribution in [3.8, 4) is 0 Å². The summed E-state index contributed by atoms with van der Waals surface area (Å²) in [6, 6.07) is 23.5. The zero-order valence-electron chi connectivity index (χ0n) is 14.8. The number of aromatic nitrogens is 1. The molecule has 0 saturated heterocycles. The summed E-state index contributed by atoms with van der Waals surface area (Å²) in [6.07, 6.45) is 2.78. The number of hydrogen-bond acceptors (Lipinski definition) is 3. The second kappa shape index (κ2) is 9.20.